The van der Waals surface area contributed by atoms with Crippen molar-refractivity contribution in [3.05, 3.63) is 23.5 Å². The Balaban J connectivity index is 1.75. The van der Waals surface area contributed by atoms with Gasteiger partial charge in [-0.2, -0.15) is 0 Å². The molecule has 74 valence electrons. The molecule has 2 heterocycles. The Morgan fingerprint density at radius 1 is 1.64 bits per heavy atom. The van der Waals surface area contributed by atoms with E-state index in [1.165, 1.54) is 12.8 Å². The van der Waals surface area contributed by atoms with Crippen molar-refractivity contribution in [3.63, 3.8) is 0 Å². The summed E-state index contributed by atoms with van der Waals surface area (Å²) in [6, 6.07) is 0. The Morgan fingerprint density at radius 2 is 2.50 bits per heavy atom. The van der Waals surface area contributed by atoms with E-state index in [9.17, 15) is 0 Å². The van der Waals surface area contributed by atoms with E-state index in [0.29, 0.717) is 5.54 Å². The standard InChI is InChI=1S/C10H13N3S/c1-10(2-3-10)11-6-8-7-13-4-5-14-9(13)12-8/h4-5,7,11H,2-3,6H2,1H3. The molecule has 0 amide bonds. The molecule has 1 aliphatic rings. The van der Waals surface area contributed by atoms with Crippen molar-refractivity contribution in [1.29, 1.82) is 0 Å². The topological polar surface area (TPSA) is 29.3 Å². The quantitative estimate of drug-likeness (QED) is 0.834. The van der Waals surface area contributed by atoms with E-state index in [2.05, 4.69) is 39.4 Å². The van der Waals surface area contributed by atoms with Crippen LogP contribution in [0.2, 0.25) is 0 Å². The van der Waals surface area contributed by atoms with Gasteiger partial charge in [-0.25, -0.2) is 4.98 Å². The van der Waals surface area contributed by atoms with Gasteiger partial charge in [-0.15, -0.1) is 11.3 Å². The summed E-state index contributed by atoms with van der Waals surface area (Å²) in [5, 5.41) is 5.59. The minimum Gasteiger partial charge on any atom is -0.306 e. The number of hydrogen-bond acceptors (Lipinski definition) is 3. The molecular weight excluding hydrogens is 194 g/mol. The number of aromatic nitrogens is 2. The van der Waals surface area contributed by atoms with E-state index in [0.717, 1.165) is 17.2 Å². The van der Waals surface area contributed by atoms with Gasteiger partial charge < -0.3 is 5.32 Å². The molecule has 0 spiro atoms. The third-order valence-electron chi connectivity index (χ3n) is 2.84. The zero-order valence-corrected chi connectivity index (χ0v) is 8.97. The fourth-order valence-electron chi connectivity index (χ4n) is 1.53. The first-order valence-electron chi connectivity index (χ1n) is 4.91. The molecule has 0 aromatic carbocycles. The lowest BCUT2D eigenvalue weighted by molar-refractivity contribution is 0.533. The highest BCUT2D eigenvalue weighted by atomic mass is 32.1. The van der Waals surface area contributed by atoms with Crippen LogP contribution in [0.25, 0.3) is 4.96 Å². The van der Waals surface area contributed by atoms with Gasteiger partial charge in [-0.3, -0.25) is 4.40 Å². The highest BCUT2D eigenvalue weighted by Gasteiger charge is 2.36. The van der Waals surface area contributed by atoms with Crippen molar-refractivity contribution in [2.45, 2.75) is 31.8 Å². The van der Waals surface area contributed by atoms with Crippen LogP contribution in [-0.4, -0.2) is 14.9 Å². The van der Waals surface area contributed by atoms with Crippen LogP contribution < -0.4 is 5.32 Å². The molecule has 0 radical (unpaired) electrons. The molecular formula is C10H13N3S. The van der Waals surface area contributed by atoms with E-state index >= 15 is 0 Å². The molecule has 2 aromatic rings. The molecule has 0 bridgehead atoms. The zero-order chi connectivity index (χ0) is 9.60. The Kier molecular flexibility index (Phi) is 1.69. The number of thiazole rings is 1. The van der Waals surface area contributed by atoms with Crippen molar-refractivity contribution >= 4 is 16.3 Å². The smallest absolute Gasteiger partial charge is 0.193 e. The van der Waals surface area contributed by atoms with Crippen LogP contribution in [0.1, 0.15) is 25.5 Å². The van der Waals surface area contributed by atoms with Crippen molar-refractivity contribution in [2.24, 2.45) is 0 Å². The summed E-state index contributed by atoms with van der Waals surface area (Å²) in [6.45, 7) is 3.16. The molecule has 1 saturated carbocycles. The molecule has 0 aliphatic heterocycles. The molecule has 2 aromatic heterocycles. The summed E-state index contributed by atoms with van der Waals surface area (Å²) in [5.74, 6) is 0. The third kappa shape index (κ3) is 1.44. The van der Waals surface area contributed by atoms with Gasteiger partial charge in [-0.1, -0.05) is 0 Å². The largest absolute Gasteiger partial charge is 0.306 e. The molecule has 0 atom stereocenters. The summed E-state index contributed by atoms with van der Waals surface area (Å²) in [4.78, 5) is 5.61. The monoisotopic (exact) mass is 207 g/mol. The molecule has 3 nitrogen and oxygen atoms in total. The lowest BCUT2D eigenvalue weighted by Crippen LogP contribution is -2.27. The Hall–Kier alpha value is -0.870. The van der Waals surface area contributed by atoms with Gasteiger partial charge in [0.2, 0.25) is 0 Å². The average Bonchev–Trinajstić information content (AvgIpc) is 2.61. The van der Waals surface area contributed by atoms with Gasteiger partial charge >= 0.3 is 0 Å². The van der Waals surface area contributed by atoms with Crippen LogP contribution in [0.4, 0.5) is 0 Å². The third-order valence-corrected chi connectivity index (χ3v) is 3.61. The Morgan fingerprint density at radius 3 is 3.21 bits per heavy atom. The maximum absolute atomic E-state index is 4.52. The maximum atomic E-state index is 4.52. The highest BCUT2D eigenvalue weighted by molar-refractivity contribution is 7.15. The van der Waals surface area contributed by atoms with Gasteiger partial charge in [0.25, 0.3) is 0 Å². The molecule has 0 unspecified atom stereocenters. The summed E-state index contributed by atoms with van der Waals surface area (Å²) < 4.78 is 2.08. The second-order valence-corrected chi connectivity index (χ2v) is 5.11. The van der Waals surface area contributed by atoms with Gasteiger partial charge in [0.15, 0.2) is 4.96 Å². The van der Waals surface area contributed by atoms with Crippen LogP contribution in [0.3, 0.4) is 0 Å². The summed E-state index contributed by atoms with van der Waals surface area (Å²) in [7, 11) is 0. The Labute approximate surface area is 86.8 Å². The predicted molar refractivity (Wildman–Crippen MR) is 57.5 cm³/mol. The van der Waals surface area contributed by atoms with Crippen molar-refractivity contribution in [1.82, 2.24) is 14.7 Å². The number of imidazole rings is 1. The van der Waals surface area contributed by atoms with Crippen LogP contribution in [0.15, 0.2) is 17.8 Å². The van der Waals surface area contributed by atoms with Crippen LogP contribution in [-0.2, 0) is 6.54 Å². The normalized spacial score (nSPS) is 18.9. The predicted octanol–water partition coefficient (Wildman–Crippen LogP) is 2.04. The molecule has 1 N–H and O–H groups in total. The van der Waals surface area contributed by atoms with E-state index in [1.54, 1.807) is 11.3 Å². The van der Waals surface area contributed by atoms with E-state index in [-0.39, 0.29) is 0 Å². The van der Waals surface area contributed by atoms with Crippen molar-refractivity contribution in [3.8, 4) is 0 Å². The number of nitrogens with one attached hydrogen (secondary N) is 1. The summed E-state index contributed by atoms with van der Waals surface area (Å²) in [6.07, 6.45) is 6.75. The van der Waals surface area contributed by atoms with Crippen LogP contribution in [0, 0.1) is 0 Å². The van der Waals surface area contributed by atoms with E-state index < -0.39 is 0 Å². The fraction of sp³-hybridized carbons (Fsp3) is 0.500. The molecule has 1 aliphatic carbocycles. The minimum absolute atomic E-state index is 0.400. The second-order valence-electron chi connectivity index (χ2n) is 4.24. The number of rotatable bonds is 3. The van der Waals surface area contributed by atoms with Crippen LogP contribution in [0.5, 0.6) is 0 Å². The molecule has 4 heteroatoms. The first kappa shape index (κ1) is 8.44. The first-order chi connectivity index (χ1) is 6.75. The zero-order valence-electron chi connectivity index (χ0n) is 8.16. The van der Waals surface area contributed by atoms with Gasteiger partial charge in [-0.05, 0) is 19.8 Å². The maximum Gasteiger partial charge on any atom is 0.193 e. The van der Waals surface area contributed by atoms with Crippen molar-refractivity contribution < 1.29 is 0 Å². The minimum atomic E-state index is 0.400. The van der Waals surface area contributed by atoms with E-state index in [4.69, 9.17) is 0 Å². The van der Waals surface area contributed by atoms with Gasteiger partial charge in [0, 0.05) is 29.9 Å². The van der Waals surface area contributed by atoms with Gasteiger partial charge in [0.1, 0.15) is 0 Å². The SMILES string of the molecule is CC1(NCc2cn3ccsc3n2)CC1. The fourth-order valence-corrected chi connectivity index (χ4v) is 2.25. The highest BCUT2D eigenvalue weighted by Crippen LogP contribution is 2.34. The average molecular weight is 207 g/mol. The number of nitrogens with zero attached hydrogens (tertiary/aromatic N) is 2. The first-order valence-corrected chi connectivity index (χ1v) is 5.79. The second kappa shape index (κ2) is 2.81. The van der Waals surface area contributed by atoms with Crippen molar-refractivity contribution in [2.75, 3.05) is 0 Å². The molecule has 1 fully saturated rings. The molecule has 3 rings (SSSR count). The van der Waals surface area contributed by atoms with Gasteiger partial charge in [0.05, 0.1) is 5.69 Å². The van der Waals surface area contributed by atoms with Crippen LogP contribution >= 0.6 is 11.3 Å². The molecule has 14 heavy (non-hydrogen) atoms. The number of fused-ring (bicyclic) bond motifs is 1. The Bertz CT molecular complexity index is 424. The lowest BCUT2D eigenvalue weighted by atomic mass is 10.3. The number of hydrogen-bond donors (Lipinski definition) is 1. The molecule has 0 saturated heterocycles. The summed E-state index contributed by atoms with van der Waals surface area (Å²) in [5.41, 5.74) is 1.54. The summed E-state index contributed by atoms with van der Waals surface area (Å²) >= 11 is 1.68. The lowest BCUT2D eigenvalue weighted by Gasteiger charge is -2.08. The van der Waals surface area contributed by atoms with E-state index in [1.807, 2.05) is 0 Å².